The highest BCUT2D eigenvalue weighted by atomic mass is 16.6. The van der Waals surface area contributed by atoms with Gasteiger partial charge in [0.25, 0.3) is 0 Å². The van der Waals surface area contributed by atoms with Crippen LogP contribution in [0.1, 0.15) is 0 Å². The van der Waals surface area contributed by atoms with Crippen molar-refractivity contribution in [3.8, 4) is 0 Å². The lowest BCUT2D eigenvalue weighted by Gasteiger charge is -2.13. The van der Waals surface area contributed by atoms with Crippen LogP contribution in [0, 0.1) is 0 Å². The van der Waals surface area contributed by atoms with Crippen molar-refractivity contribution in [3.05, 3.63) is 0 Å². The van der Waals surface area contributed by atoms with E-state index in [-0.39, 0.29) is 12.2 Å². The number of amides is 1. The molecule has 0 aliphatic carbocycles. The van der Waals surface area contributed by atoms with Crippen LogP contribution < -0.4 is 0 Å². The van der Waals surface area contributed by atoms with Gasteiger partial charge in [-0.3, -0.25) is 0 Å². The minimum atomic E-state index is -0.211. The first-order chi connectivity index (χ1) is 5.09. The largest absolute Gasteiger partial charge is 0.443 e. The summed E-state index contributed by atoms with van der Waals surface area (Å²) in [5, 5.41) is 0. The number of carbonyl (C=O) groups excluding carboxylic acids is 1. The van der Waals surface area contributed by atoms with Crippen LogP contribution in [-0.4, -0.2) is 56.2 Å². The quantitative estimate of drug-likeness (QED) is 0.567. The molecule has 1 rings (SSSR count). The number of hydrogen-bond donors (Lipinski definition) is 0. The van der Waals surface area contributed by atoms with E-state index >= 15 is 0 Å². The van der Waals surface area contributed by atoms with Gasteiger partial charge in [-0.25, -0.2) is 4.79 Å². The van der Waals surface area contributed by atoms with Crippen molar-refractivity contribution in [2.45, 2.75) is 6.10 Å². The lowest BCUT2D eigenvalue weighted by Crippen LogP contribution is -2.28. The summed E-state index contributed by atoms with van der Waals surface area (Å²) in [5.74, 6) is 0. The number of rotatable bonds is 2. The van der Waals surface area contributed by atoms with Crippen LogP contribution in [0.5, 0.6) is 0 Å². The Morgan fingerprint density at radius 1 is 1.73 bits per heavy atom. The molecule has 0 spiro atoms. The van der Waals surface area contributed by atoms with Gasteiger partial charge in [0.1, 0.15) is 6.10 Å². The number of carbonyl (C=O) groups is 1. The first kappa shape index (κ1) is 8.33. The SMILES string of the molecule is CN(C)C[C@H]1CN(C)C(=O)O1. The second-order valence-corrected chi connectivity index (χ2v) is 3.15. The standard InChI is InChI=1S/C7H14N2O2/c1-8(2)4-6-5-9(3)7(10)11-6/h6H,4-5H2,1-3H3/t6-/m0/s1. The predicted octanol–water partition coefficient (Wildman–Crippen LogP) is -0.00140. The average molecular weight is 158 g/mol. The maximum absolute atomic E-state index is 10.9. The molecule has 1 atom stereocenters. The molecule has 0 unspecified atom stereocenters. The van der Waals surface area contributed by atoms with Crippen LogP contribution in [0.15, 0.2) is 0 Å². The van der Waals surface area contributed by atoms with Crippen LogP contribution in [0.25, 0.3) is 0 Å². The third-order valence-electron chi connectivity index (χ3n) is 1.63. The van der Waals surface area contributed by atoms with Crippen LogP contribution in [0.2, 0.25) is 0 Å². The molecule has 1 heterocycles. The molecule has 0 N–H and O–H groups in total. The fourth-order valence-corrected chi connectivity index (χ4v) is 1.15. The fraction of sp³-hybridized carbons (Fsp3) is 0.857. The average Bonchev–Trinajstić information content (AvgIpc) is 2.10. The van der Waals surface area contributed by atoms with Gasteiger partial charge >= 0.3 is 6.09 Å². The van der Waals surface area contributed by atoms with Crippen molar-refractivity contribution in [3.63, 3.8) is 0 Å². The van der Waals surface area contributed by atoms with E-state index in [1.54, 1.807) is 11.9 Å². The summed E-state index contributed by atoms with van der Waals surface area (Å²) in [4.78, 5) is 14.5. The summed E-state index contributed by atoms with van der Waals surface area (Å²) in [6, 6.07) is 0. The number of cyclic esters (lactones) is 1. The first-order valence-corrected chi connectivity index (χ1v) is 3.66. The number of likely N-dealkylation sites (N-methyl/N-ethyl adjacent to an activating group) is 2. The molecule has 1 amide bonds. The van der Waals surface area contributed by atoms with E-state index in [2.05, 4.69) is 0 Å². The molecular formula is C7H14N2O2. The molecule has 4 heteroatoms. The molecule has 0 aromatic carbocycles. The Hall–Kier alpha value is -0.770. The van der Waals surface area contributed by atoms with Gasteiger partial charge in [-0.15, -0.1) is 0 Å². The minimum absolute atomic E-state index is 0.0440. The van der Waals surface area contributed by atoms with Gasteiger partial charge in [-0.1, -0.05) is 0 Å². The number of ether oxygens (including phenoxy) is 1. The molecule has 0 radical (unpaired) electrons. The highest BCUT2D eigenvalue weighted by Crippen LogP contribution is 2.08. The molecule has 11 heavy (non-hydrogen) atoms. The Kier molecular flexibility index (Phi) is 2.34. The lowest BCUT2D eigenvalue weighted by atomic mass is 10.3. The van der Waals surface area contributed by atoms with Crippen molar-refractivity contribution < 1.29 is 9.53 Å². The van der Waals surface area contributed by atoms with Gasteiger partial charge in [0, 0.05) is 13.6 Å². The zero-order valence-corrected chi connectivity index (χ0v) is 7.20. The first-order valence-electron chi connectivity index (χ1n) is 3.66. The van der Waals surface area contributed by atoms with E-state index in [0.717, 1.165) is 6.54 Å². The van der Waals surface area contributed by atoms with E-state index in [0.29, 0.717) is 6.54 Å². The van der Waals surface area contributed by atoms with Crippen molar-refractivity contribution in [2.24, 2.45) is 0 Å². The molecule has 1 fully saturated rings. The van der Waals surface area contributed by atoms with E-state index < -0.39 is 0 Å². The smallest absolute Gasteiger partial charge is 0.410 e. The maximum atomic E-state index is 10.9. The minimum Gasteiger partial charge on any atom is -0.443 e. The van der Waals surface area contributed by atoms with Crippen molar-refractivity contribution in [1.82, 2.24) is 9.80 Å². The summed E-state index contributed by atoms with van der Waals surface area (Å²) >= 11 is 0. The number of nitrogens with zero attached hydrogens (tertiary/aromatic N) is 2. The predicted molar refractivity (Wildman–Crippen MR) is 41.5 cm³/mol. The van der Waals surface area contributed by atoms with Crippen LogP contribution in [0.4, 0.5) is 4.79 Å². The second-order valence-electron chi connectivity index (χ2n) is 3.15. The molecule has 0 bridgehead atoms. The topological polar surface area (TPSA) is 32.8 Å². The third kappa shape index (κ3) is 2.08. The Morgan fingerprint density at radius 2 is 2.36 bits per heavy atom. The highest BCUT2D eigenvalue weighted by Gasteiger charge is 2.28. The molecular weight excluding hydrogens is 144 g/mol. The van der Waals surface area contributed by atoms with Gasteiger partial charge in [0.15, 0.2) is 0 Å². The molecule has 64 valence electrons. The van der Waals surface area contributed by atoms with Gasteiger partial charge in [-0.2, -0.15) is 0 Å². The summed E-state index contributed by atoms with van der Waals surface area (Å²) in [6.45, 7) is 1.51. The van der Waals surface area contributed by atoms with E-state index in [4.69, 9.17) is 4.74 Å². The molecule has 1 aliphatic rings. The molecule has 1 saturated heterocycles. The van der Waals surface area contributed by atoms with Crippen molar-refractivity contribution in [2.75, 3.05) is 34.2 Å². The van der Waals surface area contributed by atoms with Gasteiger partial charge in [0.2, 0.25) is 0 Å². The van der Waals surface area contributed by atoms with Gasteiger partial charge in [-0.05, 0) is 14.1 Å². The van der Waals surface area contributed by atoms with E-state index in [9.17, 15) is 4.79 Å². The zero-order valence-electron chi connectivity index (χ0n) is 7.20. The Morgan fingerprint density at radius 3 is 2.73 bits per heavy atom. The third-order valence-corrected chi connectivity index (χ3v) is 1.63. The summed E-state index contributed by atoms with van der Waals surface area (Å²) in [5.41, 5.74) is 0. The summed E-state index contributed by atoms with van der Waals surface area (Å²) in [7, 11) is 5.68. The Bertz CT molecular complexity index is 159. The van der Waals surface area contributed by atoms with Crippen molar-refractivity contribution in [1.29, 1.82) is 0 Å². The molecule has 1 aliphatic heterocycles. The second kappa shape index (κ2) is 3.09. The molecule has 0 saturated carbocycles. The highest BCUT2D eigenvalue weighted by molar-refractivity contribution is 5.69. The van der Waals surface area contributed by atoms with Gasteiger partial charge < -0.3 is 14.5 Å². The van der Waals surface area contributed by atoms with Crippen LogP contribution in [-0.2, 0) is 4.74 Å². The van der Waals surface area contributed by atoms with Crippen LogP contribution >= 0.6 is 0 Å². The normalized spacial score (nSPS) is 24.5. The Balaban J connectivity index is 2.35. The summed E-state index contributed by atoms with van der Waals surface area (Å²) < 4.78 is 5.03. The fourth-order valence-electron chi connectivity index (χ4n) is 1.15. The van der Waals surface area contributed by atoms with E-state index in [1.807, 2.05) is 19.0 Å². The monoisotopic (exact) mass is 158 g/mol. The molecule has 0 aromatic rings. The van der Waals surface area contributed by atoms with Crippen molar-refractivity contribution >= 4 is 6.09 Å². The maximum Gasteiger partial charge on any atom is 0.410 e. The lowest BCUT2D eigenvalue weighted by molar-refractivity contribution is 0.119. The van der Waals surface area contributed by atoms with E-state index in [1.165, 1.54) is 0 Å². The summed E-state index contributed by atoms with van der Waals surface area (Å²) in [6.07, 6.45) is -0.167. The molecule has 0 aromatic heterocycles. The molecule has 4 nitrogen and oxygen atoms in total. The van der Waals surface area contributed by atoms with Crippen LogP contribution in [0.3, 0.4) is 0 Å². The Labute approximate surface area is 66.7 Å². The zero-order chi connectivity index (χ0) is 8.43. The van der Waals surface area contributed by atoms with Gasteiger partial charge in [0.05, 0.1) is 6.54 Å². The number of hydrogen-bond acceptors (Lipinski definition) is 3.